The molecule has 0 spiro atoms. The van der Waals surface area contributed by atoms with Gasteiger partial charge in [0.05, 0.1) is 25.7 Å². The molecule has 0 aromatic heterocycles. The van der Waals surface area contributed by atoms with Crippen molar-refractivity contribution in [3.8, 4) is 0 Å². The molecule has 0 aliphatic carbocycles. The van der Waals surface area contributed by atoms with Crippen molar-refractivity contribution in [3.05, 3.63) is 0 Å². The van der Waals surface area contributed by atoms with Crippen molar-refractivity contribution < 1.29 is 47.7 Å². The molecule has 1 heterocycles. The van der Waals surface area contributed by atoms with Gasteiger partial charge in [-0.25, -0.2) is 0 Å². The summed E-state index contributed by atoms with van der Waals surface area (Å²) in [6.07, 6.45) is 27.2. The molecule has 0 N–H and O–H groups in total. The van der Waals surface area contributed by atoms with Gasteiger partial charge in [-0.2, -0.15) is 0 Å². The van der Waals surface area contributed by atoms with E-state index in [1.54, 1.807) is 0 Å². The van der Waals surface area contributed by atoms with Gasteiger partial charge in [0.15, 0.2) is 0 Å². The van der Waals surface area contributed by atoms with Crippen LogP contribution in [0.3, 0.4) is 0 Å². The first kappa shape index (κ1) is 54.3. The average Bonchev–Trinajstić information content (AvgIpc) is 3.67. The number of carbonyl (C=O) groups is 5. The zero-order valence-corrected chi connectivity index (χ0v) is 38.2. The van der Waals surface area contributed by atoms with Crippen molar-refractivity contribution in [2.75, 3.05) is 46.6 Å². The van der Waals surface area contributed by atoms with Crippen molar-refractivity contribution in [2.24, 2.45) is 11.8 Å². The highest BCUT2D eigenvalue weighted by molar-refractivity contribution is 5.73. The highest BCUT2D eigenvalue weighted by atomic mass is 16.6. The van der Waals surface area contributed by atoms with Crippen molar-refractivity contribution >= 4 is 29.8 Å². The van der Waals surface area contributed by atoms with E-state index in [2.05, 4.69) is 25.7 Å². The van der Waals surface area contributed by atoms with Crippen LogP contribution in [-0.4, -0.2) is 87.4 Å². The normalized spacial score (nSPS) is 14.6. The molecule has 1 fully saturated rings. The second kappa shape index (κ2) is 38.2. The maximum absolute atomic E-state index is 12.9. The summed E-state index contributed by atoms with van der Waals surface area (Å²) in [7, 11) is 1.97. The molecule has 344 valence electrons. The SMILES string of the molecule is CCCCCCCCCCCCCC(=O)OCC(CCOC(=O)CCCCC(COC(=O)CCCCCCC)COC(=O)CCCCCCC)OC(=O)C1CCN(C)C1. The minimum atomic E-state index is -0.693. The van der Waals surface area contributed by atoms with Crippen LogP contribution in [0.15, 0.2) is 0 Å². The zero-order valence-electron chi connectivity index (χ0n) is 38.2. The second-order valence-electron chi connectivity index (χ2n) is 17.1. The molecule has 0 radical (unpaired) electrons. The minimum Gasteiger partial charge on any atom is -0.466 e. The van der Waals surface area contributed by atoms with E-state index in [0.717, 1.165) is 83.6 Å². The number of hydrogen-bond acceptors (Lipinski definition) is 11. The van der Waals surface area contributed by atoms with E-state index < -0.39 is 6.10 Å². The van der Waals surface area contributed by atoms with E-state index in [9.17, 15) is 24.0 Å². The quantitative estimate of drug-likeness (QED) is 0.0331. The summed E-state index contributed by atoms with van der Waals surface area (Å²) in [6.45, 7) is 8.36. The topological polar surface area (TPSA) is 135 Å². The molecule has 1 aliphatic rings. The number of hydrogen-bond donors (Lipinski definition) is 0. The Hall–Kier alpha value is -2.69. The van der Waals surface area contributed by atoms with E-state index in [-0.39, 0.29) is 81.0 Å². The lowest BCUT2D eigenvalue weighted by molar-refractivity contribution is -0.164. The van der Waals surface area contributed by atoms with Gasteiger partial charge < -0.3 is 28.6 Å². The van der Waals surface area contributed by atoms with Crippen LogP contribution in [0.25, 0.3) is 0 Å². The summed E-state index contributed by atoms with van der Waals surface area (Å²) >= 11 is 0. The number of unbranched alkanes of at least 4 members (excludes halogenated alkanes) is 19. The Balaban J connectivity index is 2.48. The van der Waals surface area contributed by atoms with Crippen molar-refractivity contribution in [1.82, 2.24) is 4.90 Å². The van der Waals surface area contributed by atoms with E-state index in [4.69, 9.17) is 23.7 Å². The van der Waals surface area contributed by atoms with E-state index in [1.807, 2.05) is 7.05 Å². The number of carbonyl (C=O) groups excluding carboxylic acids is 5. The first-order valence-corrected chi connectivity index (χ1v) is 24.2. The summed E-state index contributed by atoms with van der Waals surface area (Å²) in [5, 5.41) is 0. The van der Waals surface area contributed by atoms with Crippen molar-refractivity contribution in [3.63, 3.8) is 0 Å². The summed E-state index contributed by atoms with van der Waals surface area (Å²) in [5.41, 5.74) is 0. The van der Waals surface area contributed by atoms with Crippen molar-refractivity contribution in [1.29, 1.82) is 0 Å². The van der Waals surface area contributed by atoms with Crippen LogP contribution in [0.5, 0.6) is 0 Å². The van der Waals surface area contributed by atoms with Gasteiger partial charge in [0, 0.05) is 44.6 Å². The standard InChI is InChI=1S/C48H87NO10/c1-5-8-11-14-15-16-17-18-19-22-25-31-47(53)58-40-43(59-48(54)42-33-35-49(4)37-42)34-36-55-44(50)32-27-26-28-41(38-56-45(51)29-23-20-12-9-6-2)39-57-46(52)30-24-21-13-10-7-3/h41-43H,5-40H2,1-4H3. The third kappa shape index (κ3) is 32.7. The Morgan fingerprint density at radius 2 is 0.881 bits per heavy atom. The molecular formula is C48H87NO10. The maximum atomic E-state index is 12.9. The van der Waals surface area contributed by atoms with E-state index in [0.29, 0.717) is 45.1 Å². The number of nitrogens with zero attached hydrogens (tertiary/aromatic N) is 1. The molecule has 2 unspecified atom stereocenters. The Morgan fingerprint density at radius 1 is 0.492 bits per heavy atom. The zero-order chi connectivity index (χ0) is 43.2. The second-order valence-corrected chi connectivity index (χ2v) is 17.1. The first-order chi connectivity index (χ1) is 28.7. The number of ether oxygens (including phenoxy) is 5. The Labute approximate surface area is 359 Å². The molecule has 1 rings (SSSR count). The Kier molecular flexibility index (Phi) is 35.2. The average molecular weight is 838 g/mol. The molecule has 0 saturated carbocycles. The van der Waals surface area contributed by atoms with Crippen LogP contribution in [0.2, 0.25) is 0 Å². The van der Waals surface area contributed by atoms with Crippen molar-refractivity contribution in [2.45, 2.75) is 219 Å². The fourth-order valence-electron chi connectivity index (χ4n) is 7.36. The third-order valence-corrected chi connectivity index (χ3v) is 11.3. The van der Waals surface area contributed by atoms with Gasteiger partial charge in [-0.15, -0.1) is 0 Å². The number of rotatable bonds is 40. The lowest BCUT2D eigenvalue weighted by Gasteiger charge is -2.20. The van der Waals surface area contributed by atoms with Gasteiger partial charge in [-0.3, -0.25) is 24.0 Å². The van der Waals surface area contributed by atoms with Crippen LogP contribution in [-0.2, 0) is 47.7 Å². The monoisotopic (exact) mass is 838 g/mol. The lowest BCUT2D eigenvalue weighted by Crippen LogP contribution is -2.31. The lowest BCUT2D eigenvalue weighted by atomic mass is 10.0. The molecule has 0 aromatic rings. The van der Waals surface area contributed by atoms with Gasteiger partial charge in [0.2, 0.25) is 0 Å². The largest absolute Gasteiger partial charge is 0.466 e. The highest BCUT2D eigenvalue weighted by Crippen LogP contribution is 2.19. The third-order valence-electron chi connectivity index (χ3n) is 11.3. The van der Waals surface area contributed by atoms with Gasteiger partial charge in [0.1, 0.15) is 12.7 Å². The molecule has 11 heteroatoms. The summed E-state index contributed by atoms with van der Waals surface area (Å²) in [5.74, 6) is -1.79. The van der Waals surface area contributed by atoms with Gasteiger partial charge in [-0.05, 0) is 52.1 Å². The first-order valence-electron chi connectivity index (χ1n) is 24.2. The highest BCUT2D eigenvalue weighted by Gasteiger charge is 2.30. The van der Waals surface area contributed by atoms with Crippen LogP contribution in [0.1, 0.15) is 213 Å². The fourth-order valence-corrected chi connectivity index (χ4v) is 7.36. The van der Waals surface area contributed by atoms with Crippen LogP contribution < -0.4 is 0 Å². The number of esters is 5. The van der Waals surface area contributed by atoms with Crippen LogP contribution >= 0.6 is 0 Å². The Bertz CT molecular complexity index is 1050. The molecule has 1 saturated heterocycles. The van der Waals surface area contributed by atoms with Crippen LogP contribution in [0, 0.1) is 11.8 Å². The van der Waals surface area contributed by atoms with Gasteiger partial charge in [0.25, 0.3) is 0 Å². The maximum Gasteiger partial charge on any atom is 0.310 e. The molecular weight excluding hydrogens is 751 g/mol. The van der Waals surface area contributed by atoms with E-state index >= 15 is 0 Å². The summed E-state index contributed by atoms with van der Waals surface area (Å²) in [6, 6.07) is 0. The molecule has 0 bridgehead atoms. The number of likely N-dealkylation sites (tertiary alicyclic amines) is 1. The van der Waals surface area contributed by atoms with E-state index in [1.165, 1.54) is 64.2 Å². The molecule has 0 aromatic carbocycles. The van der Waals surface area contributed by atoms with Gasteiger partial charge >= 0.3 is 29.8 Å². The van der Waals surface area contributed by atoms with Crippen LogP contribution in [0.4, 0.5) is 0 Å². The molecule has 0 amide bonds. The smallest absolute Gasteiger partial charge is 0.310 e. The molecule has 11 nitrogen and oxygen atoms in total. The summed E-state index contributed by atoms with van der Waals surface area (Å²) in [4.78, 5) is 65.1. The fraction of sp³-hybridized carbons (Fsp3) is 0.896. The Morgan fingerprint density at radius 3 is 1.31 bits per heavy atom. The molecule has 2 atom stereocenters. The molecule has 59 heavy (non-hydrogen) atoms. The predicted molar refractivity (Wildman–Crippen MR) is 234 cm³/mol. The minimum absolute atomic E-state index is 0.0446. The summed E-state index contributed by atoms with van der Waals surface area (Å²) < 4.78 is 28.0. The molecule has 1 aliphatic heterocycles. The van der Waals surface area contributed by atoms with Gasteiger partial charge in [-0.1, -0.05) is 143 Å². The predicted octanol–water partition coefficient (Wildman–Crippen LogP) is 11.0.